The minimum Gasteiger partial charge on any atom is -0.390 e. The first-order chi connectivity index (χ1) is 8.84. The predicted octanol–water partition coefficient (Wildman–Crippen LogP) is 1.92. The molecule has 0 aromatic carbocycles. The number of aryl methyl sites for hydroxylation is 1. The molecule has 90 valence electrons. The maximum Gasteiger partial charge on any atom is 0.179 e. The van der Waals surface area contributed by atoms with E-state index >= 15 is 0 Å². The number of hydrogen-bond donors (Lipinski definition) is 1. The van der Waals surface area contributed by atoms with Crippen LogP contribution in [0.15, 0.2) is 18.6 Å². The zero-order valence-electron chi connectivity index (χ0n) is 9.63. The number of nitrogens with two attached hydrogens (primary N) is 1. The van der Waals surface area contributed by atoms with Gasteiger partial charge in [-0.1, -0.05) is 0 Å². The van der Waals surface area contributed by atoms with Crippen molar-refractivity contribution in [3.05, 3.63) is 29.0 Å². The van der Waals surface area contributed by atoms with E-state index in [2.05, 4.69) is 15.2 Å². The summed E-state index contributed by atoms with van der Waals surface area (Å²) in [5.41, 5.74) is 9.35. The van der Waals surface area contributed by atoms with E-state index in [1.165, 1.54) is 16.9 Å². The van der Waals surface area contributed by atoms with Crippen molar-refractivity contribution in [1.29, 1.82) is 0 Å². The number of nitrogens with zero attached hydrogens (tertiary/aromatic N) is 4. The van der Waals surface area contributed by atoms with E-state index in [4.69, 9.17) is 5.73 Å². The van der Waals surface area contributed by atoms with Gasteiger partial charge in [0, 0.05) is 17.3 Å². The highest BCUT2D eigenvalue weighted by molar-refractivity contribution is 7.16. The second-order valence-corrected chi connectivity index (χ2v) is 5.56. The molecule has 0 saturated heterocycles. The Morgan fingerprint density at radius 3 is 3.17 bits per heavy atom. The highest BCUT2D eigenvalue weighted by Gasteiger charge is 2.24. The second-order valence-electron chi connectivity index (χ2n) is 4.42. The standard InChI is InChI=1S/C12H11N5S/c13-11-10(7-2-1-3-8(7)18-11)12-16-15-9-6-14-4-5-17(9)12/h4-6H,1-3,13H2. The molecule has 3 heterocycles. The van der Waals surface area contributed by atoms with E-state index in [-0.39, 0.29) is 0 Å². The summed E-state index contributed by atoms with van der Waals surface area (Å²) in [6.45, 7) is 0. The van der Waals surface area contributed by atoms with Crippen LogP contribution in [0.3, 0.4) is 0 Å². The topological polar surface area (TPSA) is 69.1 Å². The third-order valence-electron chi connectivity index (χ3n) is 3.39. The molecule has 3 aromatic heterocycles. The third-order valence-corrected chi connectivity index (χ3v) is 4.51. The maximum atomic E-state index is 6.16. The van der Waals surface area contributed by atoms with Gasteiger partial charge in [-0.05, 0) is 24.8 Å². The van der Waals surface area contributed by atoms with Crippen LogP contribution in [-0.4, -0.2) is 19.6 Å². The minimum atomic E-state index is 0.754. The summed E-state index contributed by atoms with van der Waals surface area (Å²) in [5, 5.41) is 9.27. The second kappa shape index (κ2) is 3.52. The van der Waals surface area contributed by atoms with Gasteiger partial charge < -0.3 is 5.73 Å². The van der Waals surface area contributed by atoms with Gasteiger partial charge in [0.15, 0.2) is 11.5 Å². The van der Waals surface area contributed by atoms with E-state index in [1.807, 2.05) is 10.6 Å². The lowest BCUT2D eigenvalue weighted by molar-refractivity contribution is 0.914. The summed E-state index contributed by atoms with van der Waals surface area (Å²) in [6, 6.07) is 0. The zero-order valence-corrected chi connectivity index (χ0v) is 10.4. The Morgan fingerprint density at radius 1 is 1.28 bits per heavy atom. The van der Waals surface area contributed by atoms with Crippen molar-refractivity contribution in [2.45, 2.75) is 19.3 Å². The molecule has 0 radical (unpaired) electrons. The summed E-state index contributed by atoms with van der Waals surface area (Å²) in [6.07, 6.45) is 8.78. The molecule has 0 amide bonds. The SMILES string of the molecule is Nc1sc2c(c1-c1nnc3cnccn13)CCC2. The Morgan fingerprint density at radius 2 is 2.22 bits per heavy atom. The summed E-state index contributed by atoms with van der Waals surface area (Å²) in [7, 11) is 0. The van der Waals surface area contributed by atoms with Crippen molar-refractivity contribution in [3.8, 4) is 11.4 Å². The van der Waals surface area contributed by atoms with Crippen LogP contribution >= 0.6 is 11.3 Å². The molecule has 5 nitrogen and oxygen atoms in total. The summed E-state index contributed by atoms with van der Waals surface area (Å²) in [5.74, 6) is 0.837. The molecule has 1 aliphatic rings. The Kier molecular flexibility index (Phi) is 1.96. The lowest BCUT2D eigenvalue weighted by atomic mass is 10.1. The highest BCUT2D eigenvalue weighted by Crippen LogP contribution is 2.42. The van der Waals surface area contributed by atoms with Crippen molar-refractivity contribution < 1.29 is 0 Å². The van der Waals surface area contributed by atoms with E-state index < -0.39 is 0 Å². The fourth-order valence-electron chi connectivity index (χ4n) is 2.59. The van der Waals surface area contributed by atoms with Crippen LogP contribution in [0.2, 0.25) is 0 Å². The third kappa shape index (κ3) is 1.23. The predicted molar refractivity (Wildman–Crippen MR) is 70.5 cm³/mol. The van der Waals surface area contributed by atoms with E-state index in [0.29, 0.717) is 0 Å². The maximum absolute atomic E-state index is 6.16. The van der Waals surface area contributed by atoms with Crippen molar-refractivity contribution in [2.24, 2.45) is 0 Å². The molecular formula is C12H11N5S. The molecule has 0 bridgehead atoms. The number of rotatable bonds is 1. The first-order valence-corrected chi connectivity index (χ1v) is 6.71. The summed E-state index contributed by atoms with van der Waals surface area (Å²) in [4.78, 5) is 5.46. The van der Waals surface area contributed by atoms with Crippen LogP contribution in [-0.2, 0) is 12.8 Å². The number of thiophene rings is 1. The van der Waals surface area contributed by atoms with Gasteiger partial charge in [-0.15, -0.1) is 21.5 Å². The Bertz CT molecular complexity index is 742. The van der Waals surface area contributed by atoms with Crippen LogP contribution < -0.4 is 5.73 Å². The molecule has 18 heavy (non-hydrogen) atoms. The average Bonchev–Trinajstić information content (AvgIpc) is 3.03. The van der Waals surface area contributed by atoms with Gasteiger partial charge in [0.25, 0.3) is 0 Å². The van der Waals surface area contributed by atoms with Crippen molar-refractivity contribution in [3.63, 3.8) is 0 Å². The van der Waals surface area contributed by atoms with Gasteiger partial charge in [-0.2, -0.15) is 0 Å². The number of hydrogen-bond acceptors (Lipinski definition) is 5. The van der Waals surface area contributed by atoms with Gasteiger partial charge in [0.2, 0.25) is 0 Å². The molecule has 0 unspecified atom stereocenters. The van der Waals surface area contributed by atoms with Gasteiger partial charge >= 0.3 is 0 Å². The molecule has 1 aliphatic carbocycles. The average molecular weight is 257 g/mol. The lowest BCUT2D eigenvalue weighted by Gasteiger charge is -2.01. The Labute approximate surface area is 107 Å². The number of aromatic nitrogens is 4. The van der Waals surface area contributed by atoms with Crippen molar-refractivity contribution in [1.82, 2.24) is 19.6 Å². The smallest absolute Gasteiger partial charge is 0.179 e. The Balaban J connectivity index is 2.03. The van der Waals surface area contributed by atoms with E-state index in [1.54, 1.807) is 23.7 Å². The fraction of sp³-hybridized carbons (Fsp3) is 0.250. The van der Waals surface area contributed by atoms with Crippen molar-refractivity contribution >= 4 is 22.0 Å². The molecule has 0 aliphatic heterocycles. The zero-order chi connectivity index (χ0) is 12.1. The molecule has 6 heteroatoms. The Hall–Kier alpha value is -1.95. The minimum absolute atomic E-state index is 0.754. The van der Waals surface area contributed by atoms with Gasteiger partial charge in [0.1, 0.15) is 0 Å². The van der Waals surface area contributed by atoms with Crippen LogP contribution in [0.1, 0.15) is 16.9 Å². The highest BCUT2D eigenvalue weighted by atomic mass is 32.1. The molecular weight excluding hydrogens is 246 g/mol. The normalized spacial score (nSPS) is 14.2. The number of nitrogen functional groups attached to an aromatic ring is 1. The molecule has 0 fully saturated rings. The van der Waals surface area contributed by atoms with Crippen LogP contribution in [0.25, 0.3) is 17.0 Å². The molecule has 0 atom stereocenters. The monoisotopic (exact) mass is 257 g/mol. The van der Waals surface area contributed by atoms with E-state index in [9.17, 15) is 0 Å². The van der Waals surface area contributed by atoms with E-state index in [0.717, 1.165) is 34.9 Å². The molecule has 4 rings (SSSR count). The van der Waals surface area contributed by atoms with Gasteiger partial charge in [-0.3, -0.25) is 9.38 Å². The summed E-state index contributed by atoms with van der Waals surface area (Å²) < 4.78 is 1.95. The largest absolute Gasteiger partial charge is 0.390 e. The quantitative estimate of drug-likeness (QED) is 0.723. The first kappa shape index (κ1) is 10.0. The molecule has 3 aromatic rings. The lowest BCUT2D eigenvalue weighted by Crippen LogP contribution is -1.94. The fourth-order valence-corrected chi connectivity index (χ4v) is 3.75. The van der Waals surface area contributed by atoms with Crippen LogP contribution in [0.5, 0.6) is 0 Å². The number of anilines is 1. The molecule has 2 N–H and O–H groups in total. The van der Waals surface area contributed by atoms with Crippen LogP contribution in [0, 0.1) is 0 Å². The number of fused-ring (bicyclic) bond motifs is 2. The molecule has 0 spiro atoms. The summed E-state index contributed by atoms with van der Waals surface area (Å²) >= 11 is 1.69. The van der Waals surface area contributed by atoms with Gasteiger partial charge in [0.05, 0.1) is 16.8 Å². The van der Waals surface area contributed by atoms with Gasteiger partial charge in [-0.25, -0.2) is 0 Å². The van der Waals surface area contributed by atoms with Crippen molar-refractivity contribution in [2.75, 3.05) is 5.73 Å². The van der Waals surface area contributed by atoms with Crippen LogP contribution in [0.4, 0.5) is 5.00 Å². The molecule has 0 saturated carbocycles. The first-order valence-electron chi connectivity index (χ1n) is 5.90.